The predicted molar refractivity (Wildman–Crippen MR) is 78.5 cm³/mol. The molecule has 0 spiro atoms. The molecule has 0 aliphatic carbocycles. The summed E-state index contributed by atoms with van der Waals surface area (Å²) in [4.78, 5) is 25.8. The highest BCUT2D eigenvalue weighted by atomic mass is 16.5. The quantitative estimate of drug-likeness (QED) is 0.696. The number of amides is 1. The molecule has 118 valence electrons. The van der Waals surface area contributed by atoms with Crippen LogP contribution in [0.1, 0.15) is 47.5 Å². The Morgan fingerprint density at radius 2 is 1.70 bits per heavy atom. The Kier molecular flexibility index (Phi) is 7.79. The number of hydrogen-bond donors (Lipinski definition) is 1. The van der Waals surface area contributed by atoms with Crippen LogP contribution in [0, 0.1) is 11.3 Å². The van der Waals surface area contributed by atoms with Crippen LogP contribution in [0.4, 0.5) is 0 Å². The van der Waals surface area contributed by atoms with Gasteiger partial charge in [0.2, 0.25) is 5.91 Å². The number of methoxy groups -OCH3 is 1. The molecule has 0 aliphatic heterocycles. The van der Waals surface area contributed by atoms with Crippen LogP contribution in [0.3, 0.4) is 0 Å². The zero-order valence-electron chi connectivity index (χ0n) is 13.6. The fraction of sp³-hybridized carbons (Fsp3) is 0.867. The molecule has 5 nitrogen and oxygen atoms in total. The van der Waals surface area contributed by atoms with Crippen molar-refractivity contribution in [1.29, 1.82) is 0 Å². The van der Waals surface area contributed by atoms with Gasteiger partial charge in [0, 0.05) is 19.7 Å². The number of nitrogens with zero attached hydrogens (tertiary/aromatic N) is 1. The Hall–Kier alpha value is -1.10. The molecular weight excluding hydrogens is 258 g/mol. The largest absolute Gasteiger partial charge is 0.481 e. The molecular formula is C15H29NO4. The van der Waals surface area contributed by atoms with Gasteiger partial charge in [-0.2, -0.15) is 0 Å². The van der Waals surface area contributed by atoms with E-state index in [4.69, 9.17) is 4.74 Å². The highest BCUT2D eigenvalue weighted by Gasteiger charge is 2.41. The number of aliphatic carboxylic acids is 1. The maximum absolute atomic E-state index is 12.7. The Morgan fingerprint density at radius 1 is 1.20 bits per heavy atom. The Bertz CT molecular complexity index is 318. The summed E-state index contributed by atoms with van der Waals surface area (Å²) in [6, 6.07) is 0.0573. The fourth-order valence-corrected chi connectivity index (χ4v) is 2.40. The minimum absolute atomic E-state index is 0.0573. The van der Waals surface area contributed by atoms with Crippen molar-refractivity contribution in [2.75, 3.05) is 20.3 Å². The summed E-state index contributed by atoms with van der Waals surface area (Å²) in [7, 11) is 1.58. The maximum Gasteiger partial charge on any atom is 0.316 e. The third-order valence-corrected chi connectivity index (χ3v) is 3.56. The summed E-state index contributed by atoms with van der Waals surface area (Å²) in [6.07, 6.45) is 1.62. The van der Waals surface area contributed by atoms with Crippen LogP contribution in [0.5, 0.6) is 0 Å². The van der Waals surface area contributed by atoms with Crippen molar-refractivity contribution in [2.45, 2.75) is 53.5 Å². The van der Waals surface area contributed by atoms with Crippen LogP contribution in [0.25, 0.3) is 0 Å². The van der Waals surface area contributed by atoms with Gasteiger partial charge in [-0.05, 0) is 18.3 Å². The summed E-state index contributed by atoms with van der Waals surface area (Å²) in [5, 5.41) is 9.40. The van der Waals surface area contributed by atoms with Gasteiger partial charge in [-0.1, -0.05) is 34.6 Å². The van der Waals surface area contributed by atoms with Gasteiger partial charge in [-0.3, -0.25) is 9.59 Å². The standard InChI is InChI=1S/C15H29NO4/c1-7-11(8-2)16(9-10-20-6)13(17)12(14(18)19)15(3,4)5/h11-12H,7-10H2,1-6H3,(H,18,19). The number of carbonyl (C=O) groups excluding carboxylic acids is 1. The number of carbonyl (C=O) groups is 2. The van der Waals surface area contributed by atoms with Crippen molar-refractivity contribution >= 4 is 11.9 Å². The second kappa shape index (κ2) is 8.25. The number of rotatable bonds is 8. The van der Waals surface area contributed by atoms with E-state index >= 15 is 0 Å². The Balaban J connectivity index is 5.31. The predicted octanol–water partition coefficient (Wildman–Crippen LogP) is 2.40. The molecule has 0 aromatic carbocycles. The SMILES string of the molecule is CCC(CC)N(CCOC)C(=O)C(C(=O)O)C(C)(C)C. The van der Waals surface area contributed by atoms with Gasteiger partial charge in [0.05, 0.1) is 6.61 Å². The summed E-state index contributed by atoms with van der Waals surface area (Å²) < 4.78 is 5.05. The normalized spacial score (nSPS) is 13.3. The van der Waals surface area contributed by atoms with E-state index in [0.29, 0.717) is 13.2 Å². The van der Waals surface area contributed by atoms with E-state index in [1.54, 1.807) is 32.8 Å². The second-order valence-corrected chi connectivity index (χ2v) is 6.13. The molecule has 0 bridgehead atoms. The molecule has 0 radical (unpaired) electrons. The molecule has 1 unspecified atom stereocenters. The van der Waals surface area contributed by atoms with Gasteiger partial charge in [-0.15, -0.1) is 0 Å². The van der Waals surface area contributed by atoms with Crippen LogP contribution >= 0.6 is 0 Å². The number of ether oxygens (including phenoxy) is 1. The Morgan fingerprint density at radius 3 is 2.00 bits per heavy atom. The molecule has 1 atom stereocenters. The smallest absolute Gasteiger partial charge is 0.316 e. The van der Waals surface area contributed by atoms with Crippen molar-refractivity contribution in [2.24, 2.45) is 11.3 Å². The lowest BCUT2D eigenvalue weighted by Gasteiger charge is -2.36. The monoisotopic (exact) mass is 287 g/mol. The van der Waals surface area contributed by atoms with Crippen molar-refractivity contribution in [3.63, 3.8) is 0 Å². The van der Waals surface area contributed by atoms with Gasteiger partial charge >= 0.3 is 5.97 Å². The first kappa shape index (κ1) is 18.9. The third-order valence-electron chi connectivity index (χ3n) is 3.56. The topological polar surface area (TPSA) is 66.8 Å². The molecule has 1 amide bonds. The molecule has 0 aromatic heterocycles. The van der Waals surface area contributed by atoms with Gasteiger partial charge in [0.1, 0.15) is 5.92 Å². The summed E-state index contributed by atoms with van der Waals surface area (Å²) >= 11 is 0. The van der Waals surface area contributed by atoms with E-state index in [2.05, 4.69) is 0 Å². The highest BCUT2D eigenvalue weighted by Crippen LogP contribution is 2.29. The lowest BCUT2D eigenvalue weighted by molar-refractivity contribution is -0.157. The first-order chi connectivity index (χ1) is 9.20. The number of carboxylic acids is 1. The van der Waals surface area contributed by atoms with E-state index in [1.807, 2.05) is 13.8 Å². The molecule has 0 rings (SSSR count). The average Bonchev–Trinajstić information content (AvgIpc) is 2.32. The molecule has 0 aromatic rings. The van der Waals surface area contributed by atoms with Crippen molar-refractivity contribution in [1.82, 2.24) is 4.90 Å². The number of carboxylic acid groups (broad SMARTS) is 1. The van der Waals surface area contributed by atoms with Crippen molar-refractivity contribution in [3.8, 4) is 0 Å². The third kappa shape index (κ3) is 5.12. The number of hydrogen-bond acceptors (Lipinski definition) is 3. The molecule has 0 aliphatic rings. The van der Waals surface area contributed by atoms with E-state index in [0.717, 1.165) is 12.8 Å². The van der Waals surface area contributed by atoms with E-state index in [1.165, 1.54) is 0 Å². The molecule has 1 N–H and O–H groups in total. The van der Waals surface area contributed by atoms with Crippen LogP contribution in [-0.2, 0) is 14.3 Å². The van der Waals surface area contributed by atoms with Gasteiger partial charge < -0.3 is 14.7 Å². The summed E-state index contributed by atoms with van der Waals surface area (Å²) in [5.74, 6) is -2.40. The minimum Gasteiger partial charge on any atom is -0.481 e. The first-order valence-corrected chi connectivity index (χ1v) is 7.22. The second-order valence-electron chi connectivity index (χ2n) is 6.13. The molecule has 0 fully saturated rings. The van der Waals surface area contributed by atoms with Crippen LogP contribution in [0.2, 0.25) is 0 Å². The first-order valence-electron chi connectivity index (χ1n) is 7.22. The minimum atomic E-state index is -1.06. The zero-order valence-corrected chi connectivity index (χ0v) is 13.6. The summed E-state index contributed by atoms with van der Waals surface area (Å²) in [5.41, 5.74) is -0.611. The van der Waals surface area contributed by atoms with Crippen LogP contribution < -0.4 is 0 Å². The highest BCUT2D eigenvalue weighted by molar-refractivity contribution is 5.97. The Labute approximate surface area is 122 Å². The molecule has 0 saturated carbocycles. The average molecular weight is 287 g/mol. The van der Waals surface area contributed by atoms with Crippen molar-refractivity contribution < 1.29 is 19.4 Å². The van der Waals surface area contributed by atoms with Crippen LogP contribution in [0.15, 0.2) is 0 Å². The van der Waals surface area contributed by atoms with Gasteiger partial charge in [0.25, 0.3) is 0 Å². The van der Waals surface area contributed by atoms with Gasteiger partial charge in [0.15, 0.2) is 0 Å². The molecule has 0 saturated heterocycles. The fourth-order valence-electron chi connectivity index (χ4n) is 2.40. The van der Waals surface area contributed by atoms with E-state index in [9.17, 15) is 14.7 Å². The molecule has 20 heavy (non-hydrogen) atoms. The summed E-state index contributed by atoms with van der Waals surface area (Å²) in [6.45, 7) is 10.2. The van der Waals surface area contributed by atoms with E-state index < -0.39 is 17.3 Å². The lowest BCUT2D eigenvalue weighted by atomic mass is 9.79. The maximum atomic E-state index is 12.7. The van der Waals surface area contributed by atoms with Crippen LogP contribution in [-0.4, -0.2) is 48.2 Å². The lowest BCUT2D eigenvalue weighted by Crippen LogP contribution is -2.50. The zero-order chi connectivity index (χ0) is 15.9. The molecule has 5 heteroatoms. The van der Waals surface area contributed by atoms with Gasteiger partial charge in [-0.25, -0.2) is 0 Å². The molecule has 0 heterocycles. The van der Waals surface area contributed by atoms with E-state index in [-0.39, 0.29) is 11.9 Å². The van der Waals surface area contributed by atoms with Crippen molar-refractivity contribution in [3.05, 3.63) is 0 Å².